The first kappa shape index (κ1) is 17.1. The largest absolute Gasteiger partial charge is 0.355 e. The van der Waals surface area contributed by atoms with Gasteiger partial charge in [0.2, 0.25) is 0 Å². The number of carbonyl (C=O) groups is 1. The van der Waals surface area contributed by atoms with Gasteiger partial charge in [-0.2, -0.15) is 0 Å². The van der Waals surface area contributed by atoms with Gasteiger partial charge in [0.25, 0.3) is 0 Å². The number of Topliss-reactive ketones (excluding diaryl/α,β-unsaturated/α-hetero) is 1. The van der Waals surface area contributed by atoms with E-state index in [4.69, 9.17) is 0 Å². The average molecular weight is 385 g/mol. The van der Waals surface area contributed by atoms with Crippen LogP contribution in [-0.2, 0) is 4.79 Å². The van der Waals surface area contributed by atoms with Crippen LogP contribution in [0.15, 0.2) is 66.3 Å². The smallest absolute Gasteiger partial charge is 0.141 e. The van der Waals surface area contributed by atoms with Gasteiger partial charge in [-0.3, -0.25) is 4.79 Å². The van der Waals surface area contributed by atoms with Crippen LogP contribution >= 0.6 is 11.3 Å². The molecular weight excluding hydrogens is 366 g/mol. The first-order valence-electron chi connectivity index (χ1n) is 9.44. The van der Waals surface area contributed by atoms with Crippen LogP contribution in [0.3, 0.4) is 0 Å². The average Bonchev–Trinajstić information content (AvgIpc) is 3.19. The van der Waals surface area contributed by atoms with Gasteiger partial charge in [-0.15, -0.1) is 11.3 Å². The number of fused-ring (bicyclic) bond motifs is 1. The maximum absolute atomic E-state index is 11.6. The Hall–Kier alpha value is -3.05. The summed E-state index contributed by atoms with van der Waals surface area (Å²) in [6.07, 6.45) is 2.82. The number of hydrogen-bond acceptors (Lipinski definition) is 5. The van der Waals surface area contributed by atoms with E-state index in [0.717, 1.165) is 40.3 Å². The molecule has 0 saturated carbocycles. The predicted octanol–water partition coefficient (Wildman–Crippen LogP) is 5.19. The standard InChI is InChI=1S/C23H19N3OS/c27-19-10-12-26(13-11-19)22-21-20(14-28-23(21)25-15-24-22)18-8-6-17(7-9-18)16-4-2-1-3-5-16/h1-9,14-15H,10-13H2. The van der Waals surface area contributed by atoms with Crippen LogP contribution in [0, 0.1) is 0 Å². The third kappa shape index (κ3) is 3.08. The van der Waals surface area contributed by atoms with Crippen LogP contribution < -0.4 is 4.90 Å². The van der Waals surface area contributed by atoms with Crippen molar-refractivity contribution in [2.75, 3.05) is 18.0 Å². The van der Waals surface area contributed by atoms with Gasteiger partial charge in [-0.1, -0.05) is 54.6 Å². The highest BCUT2D eigenvalue weighted by molar-refractivity contribution is 7.17. The van der Waals surface area contributed by atoms with Crippen molar-refractivity contribution in [3.63, 3.8) is 0 Å². The maximum Gasteiger partial charge on any atom is 0.141 e. The van der Waals surface area contributed by atoms with E-state index in [-0.39, 0.29) is 0 Å². The molecule has 0 radical (unpaired) electrons. The first-order valence-corrected chi connectivity index (χ1v) is 10.3. The number of rotatable bonds is 3. The predicted molar refractivity (Wildman–Crippen MR) is 115 cm³/mol. The van der Waals surface area contributed by atoms with E-state index in [1.54, 1.807) is 17.7 Å². The minimum atomic E-state index is 0.337. The van der Waals surface area contributed by atoms with Crippen LogP contribution in [0.4, 0.5) is 5.82 Å². The summed E-state index contributed by atoms with van der Waals surface area (Å²) in [6, 6.07) is 19.1. The Kier molecular flexibility index (Phi) is 4.37. The Morgan fingerprint density at radius 3 is 2.25 bits per heavy atom. The lowest BCUT2D eigenvalue weighted by Gasteiger charge is -2.27. The molecular formula is C23H19N3OS. The van der Waals surface area contributed by atoms with Crippen molar-refractivity contribution < 1.29 is 4.79 Å². The second-order valence-electron chi connectivity index (χ2n) is 7.00. The Morgan fingerprint density at radius 1 is 0.821 bits per heavy atom. The molecule has 0 atom stereocenters. The first-order chi connectivity index (χ1) is 13.8. The van der Waals surface area contributed by atoms with Gasteiger partial charge in [0.15, 0.2) is 0 Å². The molecule has 3 heterocycles. The minimum absolute atomic E-state index is 0.337. The molecule has 0 amide bonds. The lowest BCUT2D eigenvalue weighted by Crippen LogP contribution is -2.34. The summed E-state index contributed by atoms with van der Waals surface area (Å²) in [5.74, 6) is 1.28. The zero-order valence-corrected chi connectivity index (χ0v) is 16.2. The molecule has 28 heavy (non-hydrogen) atoms. The number of ketones is 1. The summed E-state index contributed by atoms with van der Waals surface area (Å²) in [7, 11) is 0. The summed E-state index contributed by atoms with van der Waals surface area (Å²) < 4.78 is 0. The van der Waals surface area contributed by atoms with Gasteiger partial charge >= 0.3 is 0 Å². The van der Waals surface area contributed by atoms with E-state index < -0.39 is 0 Å². The van der Waals surface area contributed by atoms with Crippen LogP contribution in [0.25, 0.3) is 32.5 Å². The fourth-order valence-electron chi connectivity index (χ4n) is 3.75. The number of thiophene rings is 1. The maximum atomic E-state index is 11.6. The minimum Gasteiger partial charge on any atom is -0.355 e. The van der Waals surface area contributed by atoms with E-state index in [1.165, 1.54) is 11.1 Å². The Labute approximate surface area is 167 Å². The molecule has 0 aliphatic carbocycles. The fourth-order valence-corrected chi connectivity index (χ4v) is 4.66. The van der Waals surface area contributed by atoms with E-state index in [0.29, 0.717) is 18.6 Å². The number of carbonyl (C=O) groups excluding carboxylic acids is 1. The molecule has 2 aromatic heterocycles. The zero-order chi connectivity index (χ0) is 18.9. The van der Waals surface area contributed by atoms with Crippen LogP contribution in [0.5, 0.6) is 0 Å². The highest BCUT2D eigenvalue weighted by atomic mass is 32.1. The van der Waals surface area contributed by atoms with E-state index >= 15 is 0 Å². The van der Waals surface area contributed by atoms with Gasteiger partial charge in [0.1, 0.15) is 22.8 Å². The van der Waals surface area contributed by atoms with Crippen LogP contribution in [0.1, 0.15) is 12.8 Å². The Balaban J connectivity index is 1.55. The number of hydrogen-bond donors (Lipinski definition) is 0. The second-order valence-corrected chi connectivity index (χ2v) is 7.85. The number of benzene rings is 2. The summed E-state index contributed by atoms with van der Waals surface area (Å²) in [4.78, 5) is 23.9. The molecule has 138 valence electrons. The topological polar surface area (TPSA) is 46.1 Å². The van der Waals surface area contributed by atoms with Gasteiger partial charge in [-0.05, 0) is 16.7 Å². The lowest BCUT2D eigenvalue weighted by atomic mass is 10.00. The molecule has 4 nitrogen and oxygen atoms in total. The van der Waals surface area contributed by atoms with Gasteiger partial charge in [0, 0.05) is 36.9 Å². The fraction of sp³-hybridized carbons (Fsp3) is 0.174. The van der Waals surface area contributed by atoms with Crippen molar-refractivity contribution in [2.24, 2.45) is 0 Å². The number of nitrogens with zero attached hydrogens (tertiary/aromatic N) is 3. The van der Waals surface area contributed by atoms with E-state index in [2.05, 4.69) is 68.8 Å². The molecule has 0 spiro atoms. The van der Waals surface area contributed by atoms with Crippen molar-refractivity contribution in [3.05, 3.63) is 66.3 Å². The number of piperidine rings is 1. The van der Waals surface area contributed by atoms with Crippen molar-refractivity contribution >= 4 is 33.2 Å². The van der Waals surface area contributed by atoms with Crippen molar-refractivity contribution in [3.8, 4) is 22.3 Å². The quantitative estimate of drug-likeness (QED) is 0.487. The Bertz CT molecular complexity index is 1130. The molecule has 1 saturated heterocycles. The molecule has 1 aliphatic heterocycles. The third-order valence-electron chi connectivity index (χ3n) is 5.27. The van der Waals surface area contributed by atoms with Gasteiger partial charge in [0.05, 0.1) is 5.39 Å². The molecule has 5 rings (SSSR count). The van der Waals surface area contributed by atoms with Crippen molar-refractivity contribution in [1.82, 2.24) is 9.97 Å². The molecule has 0 N–H and O–H groups in total. The molecule has 1 fully saturated rings. The van der Waals surface area contributed by atoms with E-state index in [1.807, 2.05) is 6.07 Å². The lowest BCUT2D eigenvalue weighted by molar-refractivity contribution is -0.119. The molecule has 0 unspecified atom stereocenters. The molecule has 2 aromatic carbocycles. The summed E-state index contributed by atoms with van der Waals surface area (Å²) >= 11 is 1.64. The SMILES string of the molecule is O=C1CCN(c2ncnc3scc(-c4ccc(-c5ccccc5)cc4)c23)CC1. The molecule has 1 aliphatic rings. The van der Waals surface area contributed by atoms with Crippen LogP contribution in [-0.4, -0.2) is 28.8 Å². The third-order valence-corrected chi connectivity index (χ3v) is 6.16. The summed E-state index contributed by atoms with van der Waals surface area (Å²) in [6.45, 7) is 1.46. The summed E-state index contributed by atoms with van der Waals surface area (Å²) in [5.41, 5.74) is 4.74. The van der Waals surface area contributed by atoms with Crippen molar-refractivity contribution in [1.29, 1.82) is 0 Å². The van der Waals surface area contributed by atoms with E-state index in [9.17, 15) is 4.79 Å². The summed E-state index contributed by atoms with van der Waals surface area (Å²) in [5, 5.41) is 3.25. The molecule has 4 aromatic rings. The van der Waals surface area contributed by atoms with Gasteiger partial charge < -0.3 is 4.90 Å². The highest BCUT2D eigenvalue weighted by Gasteiger charge is 2.22. The van der Waals surface area contributed by atoms with Gasteiger partial charge in [-0.25, -0.2) is 9.97 Å². The monoisotopic (exact) mass is 385 g/mol. The molecule has 5 heteroatoms. The number of aromatic nitrogens is 2. The molecule has 0 bridgehead atoms. The number of anilines is 1. The normalized spacial score (nSPS) is 14.6. The van der Waals surface area contributed by atoms with Crippen LogP contribution in [0.2, 0.25) is 0 Å². The van der Waals surface area contributed by atoms with Crippen molar-refractivity contribution in [2.45, 2.75) is 12.8 Å². The highest BCUT2D eigenvalue weighted by Crippen LogP contribution is 2.38. The zero-order valence-electron chi connectivity index (χ0n) is 15.3. The Morgan fingerprint density at radius 2 is 1.50 bits per heavy atom. The second kappa shape index (κ2) is 7.17.